The van der Waals surface area contributed by atoms with Crippen molar-refractivity contribution in [3.8, 4) is 0 Å². The van der Waals surface area contributed by atoms with Crippen LogP contribution in [0.4, 0.5) is 9.59 Å². The molecular weight excluding hydrogens is 270 g/mol. The quantitative estimate of drug-likeness (QED) is 0.826. The zero-order valence-electron chi connectivity index (χ0n) is 12.5. The van der Waals surface area contributed by atoms with Crippen LogP contribution in [0.5, 0.6) is 0 Å². The molecule has 4 amide bonds. The second kappa shape index (κ2) is 4.76. The van der Waals surface area contributed by atoms with Crippen LogP contribution in [-0.2, 0) is 0 Å². The van der Waals surface area contributed by atoms with E-state index in [0.29, 0.717) is 13.3 Å². The number of hydrogen-bond acceptors (Lipinski definition) is 3. The standard InChI is InChI=1S/C14H23N5O2/c1-2-16-8-17-12-11(15-13(17)20)19(14(21)18(12)9-16)10-6-4-3-5-7-10/h10-12H,2-9H2,1H3,(H,15,20)/t11-,12-/m1/s1. The molecule has 4 rings (SSSR count). The zero-order valence-corrected chi connectivity index (χ0v) is 12.5. The summed E-state index contributed by atoms with van der Waals surface area (Å²) in [6, 6.07) is 0.346. The fourth-order valence-electron chi connectivity index (χ4n) is 4.22. The summed E-state index contributed by atoms with van der Waals surface area (Å²) in [7, 11) is 0. The molecule has 0 spiro atoms. The molecule has 0 aromatic rings. The first kappa shape index (κ1) is 13.2. The maximum absolute atomic E-state index is 12.8. The van der Waals surface area contributed by atoms with Gasteiger partial charge >= 0.3 is 12.1 Å². The molecule has 0 radical (unpaired) electrons. The average Bonchev–Trinajstić information content (AvgIpc) is 2.98. The van der Waals surface area contributed by atoms with Crippen LogP contribution in [0.25, 0.3) is 0 Å². The highest BCUT2D eigenvalue weighted by Crippen LogP contribution is 2.36. The number of nitrogens with one attached hydrogen (secondary N) is 1. The molecule has 4 aliphatic rings. The second-order valence-corrected chi connectivity index (χ2v) is 6.50. The van der Waals surface area contributed by atoms with Crippen molar-refractivity contribution in [3.63, 3.8) is 0 Å². The molecule has 0 bridgehead atoms. The number of carbonyl (C=O) groups is 2. The van der Waals surface area contributed by atoms with E-state index in [1.165, 1.54) is 19.3 Å². The number of nitrogens with zero attached hydrogens (tertiary/aromatic N) is 4. The molecule has 4 fully saturated rings. The van der Waals surface area contributed by atoms with Crippen molar-refractivity contribution in [1.29, 1.82) is 0 Å². The van der Waals surface area contributed by atoms with Gasteiger partial charge in [0.2, 0.25) is 0 Å². The van der Waals surface area contributed by atoms with Crippen LogP contribution in [0.1, 0.15) is 39.0 Å². The molecule has 116 valence electrons. The SMILES string of the molecule is CCN1CN2C(=O)N[C@H]3[C@H]2N(C1)C(=O)N3C1CCCCC1. The van der Waals surface area contributed by atoms with Gasteiger partial charge in [-0.25, -0.2) is 9.59 Å². The number of rotatable bonds is 2. The first-order valence-corrected chi connectivity index (χ1v) is 8.09. The summed E-state index contributed by atoms with van der Waals surface area (Å²) >= 11 is 0. The molecular formula is C14H23N5O2. The molecule has 3 aliphatic heterocycles. The third-order valence-corrected chi connectivity index (χ3v) is 5.34. The zero-order chi connectivity index (χ0) is 14.6. The van der Waals surface area contributed by atoms with Crippen LogP contribution in [0, 0.1) is 0 Å². The van der Waals surface area contributed by atoms with Gasteiger partial charge in [-0.3, -0.25) is 19.6 Å². The van der Waals surface area contributed by atoms with E-state index in [4.69, 9.17) is 0 Å². The molecule has 0 aromatic heterocycles. The van der Waals surface area contributed by atoms with Crippen LogP contribution in [0.3, 0.4) is 0 Å². The maximum atomic E-state index is 12.8. The van der Waals surface area contributed by atoms with Crippen molar-refractivity contribution in [2.75, 3.05) is 19.9 Å². The van der Waals surface area contributed by atoms with Crippen LogP contribution in [-0.4, -0.2) is 69.9 Å². The lowest BCUT2D eigenvalue weighted by atomic mass is 9.94. The maximum Gasteiger partial charge on any atom is 0.324 e. The Morgan fingerprint density at radius 1 is 1.10 bits per heavy atom. The summed E-state index contributed by atoms with van der Waals surface area (Å²) < 4.78 is 0. The predicted octanol–water partition coefficient (Wildman–Crippen LogP) is 0.985. The van der Waals surface area contributed by atoms with Crippen LogP contribution in [0.15, 0.2) is 0 Å². The van der Waals surface area contributed by atoms with Crippen molar-refractivity contribution >= 4 is 12.1 Å². The molecule has 1 N–H and O–H groups in total. The van der Waals surface area contributed by atoms with Gasteiger partial charge in [0.05, 0.1) is 13.3 Å². The highest BCUT2D eigenvalue weighted by Gasteiger charge is 2.58. The van der Waals surface area contributed by atoms with E-state index in [0.717, 1.165) is 19.4 Å². The van der Waals surface area contributed by atoms with Crippen molar-refractivity contribution < 1.29 is 9.59 Å². The summed E-state index contributed by atoms with van der Waals surface area (Å²) in [5, 5.41) is 3.03. The minimum Gasteiger partial charge on any atom is -0.314 e. The molecule has 21 heavy (non-hydrogen) atoms. The Kier molecular flexibility index (Phi) is 2.99. The largest absolute Gasteiger partial charge is 0.324 e. The minimum atomic E-state index is -0.160. The predicted molar refractivity (Wildman–Crippen MR) is 76.0 cm³/mol. The van der Waals surface area contributed by atoms with E-state index in [1.54, 1.807) is 4.90 Å². The van der Waals surface area contributed by atoms with Crippen molar-refractivity contribution in [2.24, 2.45) is 0 Å². The number of carbonyl (C=O) groups excluding carboxylic acids is 2. The molecule has 3 saturated heterocycles. The highest BCUT2D eigenvalue weighted by molar-refractivity contribution is 5.85. The van der Waals surface area contributed by atoms with Crippen LogP contribution < -0.4 is 5.32 Å². The average molecular weight is 293 g/mol. The van der Waals surface area contributed by atoms with Crippen molar-refractivity contribution in [1.82, 2.24) is 24.9 Å². The minimum absolute atomic E-state index is 0.0403. The Morgan fingerprint density at radius 2 is 1.81 bits per heavy atom. The first-order valence-electron chi connectivity index (χ1n) is 8.09. The Bertz CT molecular complexity index is 464. The third-order valence-electron chi connectivity index (χ3n) is 5.34. The van der Waals surface area contributed by atoms with Gasteiger partial charge in [-0.1, -0.05) is 26.2 Å². The first-order chi connectivity index (χ1) is 10.2. The Balaban J connectivity index is 1.63. The van der Waals surface area contributed by atoms with E-state index in [1.807, 2.05) is 9.80 Å². The molecule has 7 nitrogen and oxygen atoms in total. The van der Waals surface area contributed by atoms with Gasteiger partial charge < -0.3 is 5.32 Å². The Hall–Kier alpha value is -1.50. The molecule has 7 heteroatoms. The Morgan fingerprint density at radius 3 is 2.52 bits per heavy atom. The summed E-state index contributed by atoms with van der Waals surface area (Å²) in [6.45, 7) is 4.15. The molecule has 0 unspecified atom stereocenters. The van der Waals surface area contributed by atoms with E-state index in [2.05, 4.69) is 17.1 Å². The lowest BCUT2D eigenvalue weighted by Crippen LogP contribution is -2.59. The normalized spacial score (nSPS) is 33.7. The molecule has 3 heterocycles. The van der Waals surface area contributed by atoms with Crippen LogP contribution >= 0.6 is 0 Å². The number of hydrogen-bond donors (Lipinski definition) is 1. The fourth-order valence-corrected chi connectivity index (χ4v) is 4.22. The van der Waals surface area contributed by atoms with Crippen LogP contribution in [0.2, 0.25) is 0 Å². The van der Waals surface area contributed by atoms with Gasteiger partial charge in [0.15, 0.2) is 6.17 Å². The van der Waals surface area contributed by atoms with E-state index < -0.39 is 0 Å². The van der Waals surface area contributed by atoms with E-state index in [-0.39, 0.29) is 30.4 Å². The van der Waals surface area contributed by atoms with Crippen molar-refractivity contribution in [3.05, 3.63) is 0 Å². The lowest BCUT2D eigenvalue weighted by Gasteiger charge is -2.41. The third kappa shape index (κ3) is 1.83. The molecule has 2 atom stereocenters. The summed E-state index contributed by atoms with van der Waals surface area (Å²) in [4.78, 5) is 32.8. The van der Waals surface area contributed by atoms with Gasteiger partial charge in [-0.15, -0.1) is 0 Å². The van der Waals surface area contributed by atoms with Gasteiger partial charge in [0, 0.05) is 6.04 Å². The van der Waals surface area contributed by atoms with Gasteiger partial charge in [0.1, 0.15) is 6.17 Å². The monoisotopic (exact) mass is 293 g/mol. The van der Waals surface area contributed by atoms with Gasteiger partial charge in [-0.2, -0.15) is 0 Å². The molecule has 1 aliphatic carbocycles. The smallest absolute Gasteiger partial charge is 0.314 e. The Labute approximate surface area is 124 Å². The highest BCUT2D eigenvalue weighted by atomic mass is 16.2. The van der Waals surface area contributed by atoms with Crippen molar-refractivity contribution in [2.45, 2.75) is 57.4 Å². The van der Waals surface area contributed by atoms with Gasteiger partial charge in [0.25, 0.3) is 0 Å². The van der Waals surface area contributed by atoms with Gasteiger partial charge in [-0.05, 0) is 19.4 Å². The fraction of sp³-hybridized carbons (Fsp3) is 0.857. The lowest BCUT2D eigenvalue weighted by molar-refractivity contribution is -0.00760. The van der Waals surface area contributed by atoms with E-state index >= 15 is 0 Å². The summed E-state index contributed by atoms with van der Waals surface area (Å²) in [5.74, 6) is 0. The summed E-state index contributed by atoms with van der Waals surface area (Å²) in [5.41, 5.74) is 0. The van der Waals surface area contributed by atoms with E-state index in [9.17, 15) is 9.59 Å². The molecule has 1 saturated carbocycles. The second-order valence-electron chi connectivity index (χ2n) is 6.50. The summed E-state index contributed by atoms with van der Waals surface area (Å²) in [6.07, 6.45) is 5.49. The molecule has 0 aromatic carbocycles. The topological polar surface area (TPSA) is 59.1 Å². The number of amides is 4. The number of urea groups is 2.